The summed E-state index contributed by atoms with van der Waals surface area (Å²) in [7, 11) is 0. The highest BCUT2D eigenvalue weighted by molar-refractivity contribution is 5.98. The number of nitrogens with two attached hydrogens (primary N) is 1. The predicted molar refractivity (Wildman–Crippen MR) is 111 cm³/mol. The Morgan fingerprint density at radius 2 is 1.76 bits per heavy atom. The molecule has 6 nitrogen and oxygen atoms in total. The van der Waals surface area contributed by atoms with E-state index >= 15 is 0 Å². The zero-order valence-corrected chi connectivity index (χ0v) is 16.6. The first-order chi connectivity index (χ1) is 14.0. The van der Waals surface area contributed by atoms with Crippen LogP contribution in [0.15, 0.2) is 60.7 Å². The van der Waals surface area contributed by atoms with Crippen molar-refractivity contribution in [2.75, 3.05) is 6.54 Å². The fourth-order valence-corrected chi connectivity index (χ4v) is 4.16. The molecule has 1 aliphatic rings. The molecule has 29 heavy (non-hydrogen) atoms. The first-order valence-electron chi connectivity index (χ1n) is 9.77. The minimum absolute atomic E-state index is 0.0889. The van der Waals surface area contributed by atoms with E-state index in [1.54, 1.807) is 0 Å². The van der Waals surface area contributed by atoms with Gasteiger partial charge in [-0.15, -0.1) is 0 Å². The van der Waals surface area contributed by atoms with Crippen molar-refractivity contribution in [2.24, 2.45) is 5.73 Å². The molecule has 2 amide bonds. The number of aromatic nitrogens is 2. The third kappa shape index (κ3) is 3.53. The number of rotatable bonds is 4. The zero-order chi connectivity index (χ0) is 20.5. The molecule has 2 atom stereocenters. The van der Waals surface area contributed by atoms with Gasteiger partial charge in [0.05, 0.1) is 5.69 Å². The molecule has 2 heterocycles. The first-order valence-corrected chi connectivity index (χ1v) is 9.77. The smallest absolute Gasteiger partial charge is 0.274 e. The van der Waals surface area contributed by atoms with Crippen LogP contribution in [0.2, 0.25) is 0 Å². The fourth-order valence-electron chi connectivity index (χ4n) is 4.16. The van der Waals surface area contributed by atoms with Crippen molar-refractivity contribution in [3.05, 3.63) is 83.2 Å². The monoisotopic (exact) mass is 388 g/mol. The number of nitrogens with zero attached hydrogens (tertiary/aromatic N) is 3. The molecular weight excluding hydrogens is 364 g/mol. The van der Waals surface area contributed by atoms with Gasteiger partial charge in [0.25, 0.3) is 11.8 Å². The third-order valence-electron chi connectivity index (χ3n) is 5.65. The van der Waals surface area contributed by atoms with Crippen molar-refractivity contribution in [3.8, 4) is 5.69 Å². The molecule has 148 valence electrons. The SMILES string of the molecule is Cc1ccccc1C1CC(C)N(C(=O)c2cc(C(N)=O)n(-c3ccccc3)n2)C1. The summed E-state index contributed by atoms with van der Waals surface area (Å²) in [4.78, 5) is 27.0. The van der Waals surface area contributed by atoms with E-state index in [-0.39, 0.29) is 23.3 Å². The average Bonchev–Trinajstić information content (AvgIpc) is 3.33. The van der Waals surface area contributed by atoms with Crippen molar-refractivity contribution >= 4 is 11.8 Å². The summed E-state index contributed by atoms with van der Waals surface area (Å²) in [5.41, 5.74) is 9.18. The lowest BCUT2D eigenvalue weighted by molar-refractivity contribution is 0.0739. The van der Waals surface area contributed by atoms with E-state index in [2.05, 4.69) is 31.1 Å². The van der Waals surface area contributed by atoms with Crippen LogP contribution in [0.5, 0.6) is 0 Å². The number of hydrogen-bond acceptors (Lipinski definition) is 3. The van der Waals surface area contributed by atoms with Crippen LogP contribution in [-0.2, 0) is 0 Å². The van der Waals surface area contributed by atoms with Gasteiger partial charge < -0.3 is 10.6 Å². The first kappa shape index (κ1) is 18.9. The largest absolute Gasteiger partial charge is 0.364 e. The van der Waals surface area contributed by atoms with E-state index in [1.165, 1.54) is 21.9 Å². The normalized spacial score (nSPS) is 18.8. The van der Waals surface area contributed by atoms with E-state index in [0.29, 0.717) is 18.2 Å². The van der Waals surface area contributed by atoms with Gasteiger partial charge in [0.15, 0.2) is 5.69 Å². The van der Waals surface area contributed by atoms with Crippen molar-refractivity contribution in [2.45, 2.75) is 32.2 Å². The van der Waals surface area contributed by atoms with Gasteiger partial charge in [0.1, 0.15) is 5.69 Å². The van der Waals surface area contributed by atoms with Gasteiger partial charge in [-0.3, -0.25) is 9.59 Å². The summed E-state index contributed by atoms with van der Waals surface area (Å²) in [6.45, 7) is 4.79. The Balaban J connectivity index is 1.63. The summed E-state index contributed by atoms with van der Waals surface area (Å²) in [5, 5.41) is 4.42. The molecule has 0 saturated carbocycles. The van der Waals surface area contributed by atoms with Gasteiger partial charge in [-0.05, 0) is 43.5 Å². The maximum absolute atomic E-state index is 13.2. The Kier molecular flexibility index (Phi) is 4.92. The minimum Gasteiger partial charge on any atom is -0.364 e. The summed E-state index contributed by atoms with van der Waals surface area (Å²) in [5.74, 6) is -0.500. The maximum Gasteiger partial charge on any atom is 0.274 e. The van der Waals surface area contributed by atoms with Crippen LogP contribution >= 0.6 is 0 Å². The van der Waals surface area contributed by atoms with Crippen LogP contribution in [-0.4, -0.2) is 39.1 Å². The van der Waals surface area contributed by atoms with Gasteiger partial charge in [-0.25, -0.2) is 4.68 Å². The van der Waals surface area contributed by atoms with Gasteiger partial charge in [0, 0.05) is 24.6 Å². The summed E-state index contributed by atoms with van der Waals surface area (Å²) >= 11 is 0. The van der Waals surface area contributed by atoms with Crippen molar-refractivity contribution in [1.29, 1.82) is 0 Å². The molecule has 4 rings (SSSR count). The third-order valence-corrected chi connectivity index (χ3v) is 5.65. The summed E-state index contributed by atoms with van der Waals surface area (Å²) in [6, 6.07) is 19.1. The van der Waals surface area contributed by atoms with Crippen LogP contribution in [0.1, 0.15) is 51.4 Å². The van der Waals surface area contributed by atoms with Gasteiger partial charge in [-0.2, -0.15) is 5.10 Å². The summed E-state index contributed by atoms with van der Waals surface area (Å²) < 4.78 is 1.44. The number of carbonyl (C=O) groups excluding carboxylic acids is 2. The lowest BCUT2D eigenvalue weighted by Gasteiger charge is -2.20. The van der Waals surface area contributed by atoms with E-state index in [9.17, 15) is 9.59 Å². The highest BCUT2D eigenvalue weighted by Gasteiger charge is 2.35. The van der Waals surface area contributed by atoms with Crippen LogP contribution in [0, 0.1) is 6.92 Å². The van der Waals surface area contributed by atoms with Crippen molar-refractivity contribution in [1.82, 2.24) is 14.7 Å². The number of aryl methyl sites for hydroxylation is 1. The molecule has 2 aromatic carbocycles. The van der Waals surface area contributed by atoms with Crippen molar-refractivity contribution in [3.63, 3.8) is 0 Å². The molecule has 0 bridgehead atoms. The molecule has 0 aliphatic carbocycles. The number of benzene rings is 2. The van der Waals surface area contributed by atoms with Crippen molar-refractivity contribution < 1.29 is 9.59 Å². The molecular formula is C23H24N4O2. The van der Waals surface area contributed by atoms with Crippen LogP contribution in [0.3, 0.4) is 0 Å². The standard InChI is InChI=1S/C23H24N4O2/c1-15-8-6-7-11-19(15)17-12-16(2)26(14-17)23(29)20-13-21(22(24)28)27(25-20)18-9-4-3-5-10-18/h3-11,13,16-17H,12,14H2,1-2H3,(H2,24,28). The number of hydrogen-bond donors (Lipinski definition) is 1. The Morgan fingerprint density at radius 3 is 2.45 bits per heavy atom. The predicted octanol–water partition coefficient (Wildman–Crippen LogP) is 3.30. The Bertz CT molecular complexity index is 1060. The maximum atomic E-state index is 13.2. The lowest BCUT2D eigenvalue weighted by atomic mass is 9.93. The van der Waals surface area contributed by atoms with E-state index in [1.807, 2.05) is 47.4 Å². The van der Waals surface area contributed by atoms with Gasteiger partial charge in [-0.1, -0.05) is 42.5 Å². The molecule has 6 heteroatoms. The van der Waals surface area contributed by atoms with Crippen LogP contribution in [0.4, 0.5) is 0 Å². The molecule has 1 aliphatic heterocycles. The topological polar surface area (TPSA) is 81.2 Å². The highest BCUT2D eigenvalue weighted by Crippen LogP contribution is 2.34. The zero-order valence-electron chi connectivity index (χ0n) is 16.6. The van der Waals surface area contributed by atoms with Gasteiger partial charge >= 0.3 is 0 Å². The quantitative estimate of drug-likeness (QED) is 0.745. The number of amides is 2. The number of para-hydroxylation sites is 1. The fraction of sp³-hybridized carbons (Fsp3) is 0.261. The minimum atomic E-state index is -0.618. The van der Waals surface area contributed by atoms with Gasteiger partial charge in [0.2, 0.25) is 0 Å². The van der Waals surface area contributed by atoms with E-state index in [4.69, 9.17) is 5.73 Å². The molecule has 1 fully saturated rings. The van der Waals surface area contributed by atoms with Crippen LogP contribution < -0.4 is 5.73 Å². The average molecular weight is 388 g/mol. The highest BCUT2D eigenvalue weighted by atomic mass is 16.2. The molecule has 3 aromatic rings. The molecule has 1 aromatic heterocycles. The second kappa shape index (κ2) is 7.54. The molecule has 0 spiro atoms. The Labute approximate surface area is 169 Å². The lowest BCUT2D eigenvalue weighted by Crippen LogP contribution is -2.34. The second-order valence-corrected chi connectivity index (χ2v) is 7.62. The molecule has 2 N–H and O–H groups in total. The molecule has 2 unspecified atom stereocenters. The number of carbonyl (C=O) groups is 2. The second-order valence-electron chi connectivity index (χ2n) is 7.62. The van der Waals surface area contributed by atoms with E-state index < -0.39 is 5.91 Å². The van der Waals surface area contributed by atoms with Crippen LogP contribution in [0.25, 0.3) is 5.69 Å². The Morgan fingerprint density at radius 1 is 1.07 bits per heavy atom. The molecule has 1 saturated heterocycles. The molecule has 0 radical (unpaired) electrons. The van der Waals surface area contributed by atoms with E-state index in [0.717, 1.165) is 6.42 Å². The number of likely N-dealkylation sites (tertiary alicyclic amines) is 1. The Hall–Kier alpha value is -3.41. The summed E-state index contributed by atoms with van der Waals surface area (Å²) in [6.07, 6.45) is 0.901. The number of primary amides is 1.